The van der Waals surface area contributed by atoms with Crippen LogP contribution in [-0.2, 0) is 11.8 Å². The predicted octanol–water partition coefficient (Wildman–Crippen LogP) is 2.96. The number of hydrogen-bond acceptors (Lipinski definition) is 5. The van der Waals surface area contributed by atoms with Crippen LogP contribution in [0, 0.1) is 5.92 Å². The maximum Gasteiger partial charge on any atom is 0.222 e. The van der Waals surface area contributed by atoms with Gasteiger partial charge in [0.25, 0.3) is 0 Å². The molecule has 0 aromatic carbocycles. The Morgan fingerprint density at radius 3 is 2.58 bits per heavy atom. The van der Waals surface area contributed by atoms with Gasteiger partial charge in [-0.2, -0.15) is 4.98 Å². The van der Waals surface area contributed by atoms with Crippen LogP contribution in [0.5, 0.6) is 0 Å². The fraction of sp³-hybridized carbons (Fsp3) is 0.789. The van der Waals surface area contributed by atoms with Gasteiger partial charge in [-0.25, -0.2) is 4.98 Å². The summed E-state index contributed by atoms with van der Waals surface area (Å²) in [4.78, 5) is 11.7. The first-order chi connectivity index (χ1) is 11.7. The third-order valence-corrected chi connectivity index (χ3v) is 6.57. The number of aromatic nitrogens is 2. The molecule has 0 amide bonds. The van der Waals surface area contributed by atoms with Crippen LogP contribution in [0.2, 0.25) is 0 Å². The van der Waals surface area contributed by atoms with Crippen LogP contribution in [-0.4, -0.2) is 41.5 Å². The van der Waals surface area contributed by atoms with Crippen LogP contribution in [0.15, 0.2) is 0 Å². The summed E-state index contributed by atoms with van der Waals surface area (Å²) < 4.78 is 0. The van der Waals surface area contributed by atoms with Crippen LogP contribution < -0.4 is 11.1 Å². The molecular formula is C19H31N5. The Labute approximate surface area is 145 Å². The molecule has 1 aliphatic heterocycles. The van der Waals surface area contributed by atoms with Crippen molar-refractivity contribution < 1.29 is 0 Å². The second-order valence-electron chi connectivity index (χ2n) is 8.23. The van der Waals surface area contributed by atoms with Crippen molar-refractivity contribution >= 4 is 11.8 Å². The quantitative estimate of drug-likeness (QED) is 0.892. The second kappa shape index (κ2) is 6.51. The number of nitrogens with two attached hydrogens (primary N) is 1. The van der Waals surface area contributed by atoms with Gasteiger partial charge >= 0.3 is 0 Å². The summed E-state index contributed by atoms with van der Waals surface area (Å²) in [5.74, 6) is 2.23. The summed E-state index contributed by atoms with van der Waals surface area (Å²) in [5.41, 5.74) is 9.04. The lowest BCUT2D eigenvalue weighted by atomic mass is 9.72. The van der Waals surface area contributed by atoms with E-state index in [1.54, 1.807) is 0 Å². The van der Waals surface area contributed by atoms with Crippen LogP contribution >= 0.6 is 0 Å². The van der Waals surface area contributed by atoms with Gasteiger partial charge in [0.2, 0.25) is 5.95 Å². The Bertz CT molecular complexity index is 586. The highest BCUT2D eigenvalue weighted by atomic mass is 15.1. The number of likely N-dealkylation sites (tertiary alicyclic amines) is 1. The van der Waals surface area contributed by atoms with Gasteiger partial charge in [-0.15, -0.1) is 0 Å². The molecule has 1 aromatic rings. The van der Waals surface area contributed by atoms with Gasteiger partial charge in [0.1, 0.15) is 5.82 Å². The number of hydrogen-bond donors (Lipinski definition) is 2. The van der Waals surface area contributed by atoms with Gasteiger partial charge in [0.05, 0.1) is 5.69 Å². The van der Waals surface area contributed by atoms with Gasteiger partial charge in [-0.3, -0.25) is 0 Å². The minimum atomic E-state index is 0.300. The molecule has 132 valence electrons. The molecule has 2 heterocycles. The Morgan fingerprint density at radius 2 is 1.83 bits per heavy atom. The average Bonchev–Trinajstić information content (AvgIpc) is 3.04. The van der Waals surface area contributed by atoms with Crippen LogP contribution in [0.25, 0.3) is 0 Å². The van der Waals surface area contributed by atoms with E-state index >= 15 is 0 Å². The summed E-state index contributed by atoms with van der Waals surface area (Å²) in [7, 11) is 2.21. The van der Waals surface area contributed by atoms with Crippen molar-refractivity contribution in [1.82, 2.24) is 14.9 Å². The van der Waals surface area contributed by atoms with E-state index in [9.17, 15) is 0 Å². The molecular weight excluding hydrogens is 298 g/mol. The van der Waals surface area contributed by atoms with Crippen LogP contribution in [0.4, 0.5) is 11.8 Å². The minimum Gasteiger partial charge on any atom is -0.369 e. The molecule has 1 saturated carbocycles. The highest BCUT2D eigenvalue weighted by Gasteiger charge is 2.41. The van der Waals surface area contributed by atoms with Gasteiger partial charge in [-0.1, -0.05) is 12.8 Å². The fourth-order valence-corrected chi connectivity index (χ4v) is 5.09. The van der Waals surface area contributed by atoms with Crippen molar-refractivity contribution in [2.75, 3.05) is 37.7 Å². The van der Waals surface area contributed by atoms with Crippen molar-refractivity contribution in [3.05, 3.63) is 11.3 Å². The van der Waals surface area contributed by atoms with E-state index in [1.165, 1.54) is 75.7 Å². The maximum atomic E-state index is 6.09. The summed E-state index contributed by atoms with van der Waals surface area (Å²) >= 11 is 0. The molecule has 4 rings (SSSR count). The van der Waals surface area contributed by atoms with Gasteiger partial charge < -0.3 is 16.0 Å². The molecule has 1 spiro atoms. The zero-order chi connectivity index (χ0) is 16.6. The maximum absolute atomic E-state index is 6.09. The first-order valence-corrected chi connectivity index (χ1v) is 9.76. The molecule has 3 aliphatic rings. The van der Waals surface area contributed by atoms with E-state index in [0.29, 0.717) is 11.4 Å². The molecule has 2 fully saturated rings. The molecule has 2 aliphatic carbocycles. The van der Waals surface area contributed by atoms with Crippen molar-refractivity contribution in [3.8, 4) is 0 Å². The Kier molecular flexibility index (Phi) is 4.37. The highest BCUT2D eigenvalue weighted by molar-refractivity contribution is 5.53. The van der Waals surface area contributed by atoms with E-state index in [0.717, 1.165) is 24.7 Å². The monoisotopic (exact) mass is 329 g/mol. The SMILES string of the molecule is CN1CCC(CNc2nc(N)nc3c2CCCC32CCCC2)CC1. The third kappa shape index (κ3) is 2.99. The largest absolute Gasteiger partial charge is 0.369 e. The predicted molar refractivity (Wildman–Crippen MR) is 98.2 cm³/mol. The molecule has 5 heteroatoms. The molecule has 0 bridgehead atoms. The summed E-state index contributed by atoms with van der Waals surface area (Å²) in [6.07, 6.45) is 11.4. The molecule has 0 unspecified atom stereocenters. The van der Waals surface area contributed by atoms with Crippen LogP contribution in [0.3, 0.4) is 0 Å². The smallest absolute Gasteiger partial charge is 0.222 e. The molecule has 3 N–H and O–H groups in total. The van der Waals surface area contributed by atoms with Crippen molar-refractivity contribution in [3.63, 3.8) is 0 Å². The van der Waals surface area contributed by atoms with E-state index in [4.69, 9.17) is 10.7 Å². The first kappa shape index (κ1) is 16.1. The second-order valence-corrected chi connectivity index (χ2v) is 8.23. The summed E-state index contributed by atoms with van der Waals surface area (Å²) in [6.45, 7) is 3.43. The third-order valence-electron chi connectivity index (χ3n) is 6.57. The van der Waals surface area contributed by atoms with E-state index < -0.39 is 0 Å². The number of fused-ring (bicyclic) bond motifs is 2. The fourth-order valence-electron chi connectivity index (χ4n) is 5.09. The topological polar surface area (TPSA) is 67.1 Å². The number of rotatable bonds is 3. The number of piperidine rings is 1. The number of nitrogens with one attached hydrogen (secondary N) is 1. The van der Waals surface area contributed by atoms with Crippen LogP contribution in [0.1, 0.15) is 62.6 Å². The van der Waals surface area contributed by atoms with Gasteiger partial charge in [0.15, 0.2) is 0 Å². The highest BCUT2D eigenvalue weighted by Crippen LogP contribution is 2.49. The molecule has 1 saturated heterocycles. The standard InChI is InChI=1S/C19H31N5/c1-24-11-6-14(7-12-24)13-21-17-15-5-4-10-19(8-2-3-9-19)16(15)22-18(20)23-17/h14H,2-13H2,1H3,(H3,20,21,22,23). The molecule has 0 atom stereocenters. The lowest BCUT2D eigenvalue weighted by Gasteiger charge is -2.35. The Hall–Kier alpha value is -1.36. The van der Waals surface area contributed by atoms with E-state index in [2.05, 4.69) is 22.2 Å². The number of nitrogen functional groups attached to an aromatic ring is 1. The van der Waals surface area contributed by atoms with Crippen molar-refractivity contribution in [2.45, 2.75) is 63.2 Å². The van der Waals surface area contributed by atoms with Gasteiger partial charge in [0, 0.05) is 17.5 Å². The lowest BCUT2D eigenvalue weighted by molar-refractivity contribution is 0.226. The van der Waals surface area contributed by atoms with Crippen molar-refractivity contribution in [1.29, 1.82) is 0 Å². The molecule has 24 heavy (non-hydrogen) atoms. The zero-order valence-corrected chi connectivity index (χ0v) is 15.0. The van der Waals surface area contributed by atoms with E-state index in [-0.39, 0.29) is 0 Å². The summed E-state index contributed by atoms with van der Waals surface area (Å²) in [6, 6.07) is 0. The zero-order valence-electron chi connectivity index (χ0n) is 15.0. The number of nitrogens with zero attached hydrogens (tertiary/aromatic N) is 3. The lowest BCUT2D eigenvalue weighted by Crippen LogP contribution is -2.34. The van der Waals surface area contributed by atoms with E-state index in [1.807, 2.05) is 0 Å². The molecule has 5 nitrogen and oxygen atoms in total. The molecule has 1 aromatic heterocycles. The first-order valence-electron chi connectivity index (χ1n) is 9.76. The Balaban J connectivity index is 1.54. The minimum absolute atomic E-state index is 0.300. The number of anilines is 2. The normalized spacial score (nSPS) is 24.2. The summed E-state index contributed by atoms with van der Waals surface area (Å²) in [5, 5.41) is 3.65. The Morgan fingerprint density at radius 1 is 1.12 bits per heavy atom. The van der Waals surface area contributed by atoms with Gasteiger partial charge in [-0.05, 0) is 71.0 Å². The molecule has 0 radical (unpaired) electrons. The van der Waals surface area contributed by atoms with Crippen molar-refractivity contribution in [2.24, 2.45) is 5.92 Å². The average molecular weight is 329 g/mol.